The lowest BCUT2D eigenvalue weighted by atomic mass is 9.90. The summed E-state index contributed by atoms with van der Waals surface area (Å²) in [6.45, 7) is 7.62. The van der Waals surface area contributed by atoms with E-state index in [-0.39, 0.29) is 5.92 Å². The van der Waals surface area contributed by atoms with Gasteiger partial charge in [0, 0.05) is 24.0 Å². The van der Waals surface area contributed by atoms with E-state index in [4.69, 9.17) is 0 Å². The lowest BCUT2D eigenvalue weighted by Crippen LogP contribution is -2.39. The minimum absolute atomic E-state index is 0.133. The first kappa shape index (κ1) is 20.9. The van der Waals surface area contributed by atoms with Crippen molar-refractivity contribution in [3.05, 3.63) is 65.1 Å². The highest BCUT2D eigenvalue weighted by Crippen LogP contribution is 2.29. The Hall–Kier alpha value is -2.37. The predicted octanol–water partition coefficient (Wildman–Crippen LogP) is 4.64. The Labute approximate surface area is 160 Å². The third kappa shape index (κ3) is 5.08. The second-order valence-electron chi connectivity index (χ2n) is 6.48. The van der Waals surface area contributed by atoms with Gasteiger partial charge in [0.05, 0.1) is 11.7 Å². The largest absolute Gasteiger partial charge is 0.298 e. The molecule has 0 aliphatic carbocycles. The van der Waals surface area contributed by atoms with Crippen LogP contribution < -0.4 is 5.43 Å². The number of hydrogen-bond acceptors (Lipinski definition) is 4. The van der Waals surface area contributed by atoms with Crippen molar-refractivity contribution >= 4 is 17.2 Å². The first-order chi connectivity index (χ1) is 13.1. The van der Waals surface area contributed by atoms with Crippen LogP contribution in [0.4, 0.5) is 4.39 Å². The van der Waals surface area contributed by atoms with Crippen molar-refractivity contribution in [1.82, 2.24) is 15.4 Å². The Balaban J connectivity index is 2.37. The van der Waals surface area contributed by atoms with Crippen molar-refractivity contribution in [3.8, 4) is 0 Å². The highest BCUT2D eigenvalue weighted by Gasteiger charge is 2.19. The smallest absolute Gasteiger partial charge is 0.151 e. The summed E-state index contributed by atoms with van der Waals surface area (Å²) in [5.74, 6) is -0.300. The van der Waals surface area contributed by atoms with Crippen molar-refractivity contribution in [1.29, 1.82) is 0 Å². The second kappa shape index (κ2) is 10.1. The maximum absolute atomic E-state index is 13.7. The zero-order valence-electron chi connectivity index (χ0n) is 16.5. The molecule has 0 saturated carbocycles. The molecule has 1 N–H and O–H groups in total. The average molecular weight is 369 g/mol. The molecule has 0 aliphatic heterocycles. The van der Waals surface area contributed by atoms with E-state index in [0.29, 0.717) is 16.5 Å². The molecule has 4 nitrogen and oxygen atoms in total. The molecule has 0 radical (unpaired) electrons. The molecule has 1 aromatic heterocycles. The number of rotatable bonds is 9. The van der Waals surface area contributed by atoms with Gasteiger partial charge in [-0.1, -0.05) is 31.2 Å². The van der Waals surface area contributed by atoms with Crippen molar-refractivity contribution in [2.75, 3.05) is 20.1 Å². The SMILES string of the molecule is C/C=C\C(=C/C)CN(CC(CC)c1ccc2ncc(F)cc2c1C=O)NC. The number of benzene rings is 1. The summed E-state index contributed by atoms with van der Waals surface area (Å²) in [5.41, 5.74) is 6.54. The van der Waals surface area contributed by atoms with Crippen LogP contribution in [0.5, 0.6) is 0 Å². The highest BCUT2D eigenvalue weighted by molar-refractivity contribution is 5.98. The number of hydrazine groups is 1. The molecule has 0 spiro atoms. The Morgan fingerprint density at radius 3 is 2.74 bits per heavy atom. The van der Waals surface area contributed by atoms with Gasteiger partial charge < -0.3 is 0 Å². The van der Waals surface area contributed by atoms with Gasteiger partial charge in [0.25, 0.3) is 0 Å². The van der Waals surface area contributed by atoms with Crippen LogP contribution >= 0.6 is 0 Å². The van der Waals surface area contributed by atoms with Crippen LogP contribution in [0.1, 0.15) is 49.0 Å². The summed E-state index contributed by atoms with van der Waals surface area (Å²) in [6, 6.07) is 5.20. The molecule has 0 aliphatic rings. The maximum atomic E-state index is 13.7. The number of halogens is 1. The fourth-order valence-corrected chi connectivity index (χ4v) is 3.32. The quantitative estimate of drug-likeness (QED) is 0.397. The second-order valence-corrected chi connectivity index (χ2v) is 6.48. The molecule has 0 bridgehead atoms. The topological polar surface area (TPSA) is 45.2 Å². The first-order valence-corrected chi connectivity index (χ1v) is 9.31. The number of allylic oxidation sites excluding steroid dienone is 2. The van der Waals surface area contributed by atoms with Crippen LogP contribution in [0.15, 0.2) is 48.2 Å². The molecule has 1 unspecified atom stereocenters. The Morgan fingerprint density at radius 2 is 2.15 bits per heavy atom. The summed E-state index contributed by atoms with van der Waals surface area (Å²) in [7, 11) is 1.90. The molecule has 0 amide bonds. The molecular formula is C22H28FN3O. The number of carbonyl (C=O) groups excluding carboxylic acids is 1. The Kier molecular flexibility index (Phi) is 7.82. The zero-order valence-corrected chi connectivity index (χ0v) is 16.5. The maximum Gasteiger partial charge on any atom is 0.151 e. The van der Waals surface area contributed by atoms with Gasteiger partial charge in [-0.05, 0) is 56.5 Å². The summed E-state index contributed by atoms with van der Waals surface area (Å²) in [4.78, 5) is 15.9. The summed E-state index contributed by atoms with van der Waals surface area (Å²) in [6.07, 6.45) is 9.07. The molecule has 2 aromatic rings. The Bertz CT molecular complexity index is 845. The van der Waals surface area contributed by atoms with Gasteiger partial charge >= 0.3 is 0 Å². The van der Waals surface area contributed by atoms with E-state index in [9.17, 15) is 9.18 Å². The molecule has 0 saturated heterocycles. The average Bonchev–Trinajstić information content (AvgIpc) is 2.69. The molecule has 1 aromatic carbocycles. The summed E-state index contributed by atoms with van der Waals surface area (Å²) in [5, 5.41) is 2.70. The van der Waals surface area contributed by atoms with Gasteiger partial charge in [0.1, 0.15) is 5.82 Å². The fraction of sp³-hybridized carbons (Fsp3) is 0.364. The van der Waals surface area contributed by atoms with Crippen LogP contribution in [0.2, 0.25) is 0 Å². The number of nitrogens with zero attached hydrogens (tertiary/aromatic N) is 2. The summed E-state index contributed by atoms with van der Waals surface area (Å²) < 4.78 is 13.7. The highest BCUT2D eigenvalue weighted by atomic mass is 19.1. The first-order valence-electron chi connectivity index (χ1n) is 9.31. The molecule has 27 heavy (non-hydrogen) atoms. The number of nitrogens with one attached hydrogen (secondary N) is 1. The minimum atomic E-state index is -0.434. The molecule has 0 fully saturated rings. The van der Waals surface area contributed by atoms with E-state index in [1.54, 1.807) is 0 Å². The molecule has 2 rings (SSSR count). The van der Waals surface area contributed by atoms with Gasteiger partial charge in [-0.3, -0.25) is 15.2 Å². The normalized spacial score (nSPS) is 13.6. The lowest BCUT2D eigenvalue weighted by molar-refractivity contribution is 0.112. The molecule has 144 valence electrons. The third-order valence-corrected chi connectivity index (χ3v) is 4.84. The van der Waals surface area contributed by atoms with Crippen LogP contribution in [0.3, 0.4) is 0 Å². The monoisotopic (exact) mass is 369 g/mol. The van der Waals surface area contributed by atoms with Gasteiger partial charge in [-0.25, -0.2) is 9.40 Å². The molecular weight excluding hydrogens is 341 g/mol. The molecule has 1 atom stereocenters. The third-order valence-electron chi connectivity index (χ3n) is 4.84. The minimum Gasteiger partial charge on any atom is -0.298 e. The van der Waals surface area contributed by atoms with Gasteiger partial charge in [0.2, 0.25) is 0 Å². The number of fused-ring (bicyclic) bond motifs is 1. The molecule has 5 heteroatoms. The van der Waals surface area contributed by atoms with E-state index >= 15 is 0 Å². The molecule has 1 heterocycles. The lowest BCUT2D eigenvalue weighted by Gasteiger charge is -2.28. The number of hydrogen-bond donors (Lipinski definition) is 1. The van der Waals surface area contributed by atoms with Crippen LogP contribution in [-0.2, 0) is 0 Å². The van der Waals surface area contributed by atoms with Crippen LogP contribution in [0, 0.1) is 5.82 Å². The van der Waals surface area contributed by atoms with Crippen molar-refractivity contribution < 1.29 is 9.18 Å². The fourth-order valence-electron chi connectivity index (χ4n) is 3.32. The zero-order chi connectivity index (χ0) is 19.8. The predicted molar refractivity (Wildman–Crippen MR) is 109 cm³/mol. The summed E-state index contributed by atoms with van der Waals surface area (Å²) >= 11 is 0. The van der Waals surface area contributed by atoms with E-state index in [2.05, 4.69) is 34.5 Å². The van der Waals surface area contributed by atoms with Crippen molar-refractivity contribution in [2.45, 2.75) is 33.1 Å². The van der Waals surface area contributed by atoms with E-state index in [0.717, 1.165) is 31.4 Å². The number of carbonyl (C=O) groups is 1. The van der Waals surface area contributed by atoms with E-state index < -0.39 is 5.82 Å². The van der Waals surface area contributed by atoms with Gasteiger partial charge in [-0.15, -0.1) is 0 Å². The standard InChI is InChI=1S/C22H28FN3O/c1-5-8-16(6-2)13-26(24-4)14-17(7-3)19-9-10-22-20(21(19)15-27)11-18(23)12-25-22/h5-6,8-12,15,17,24H,7,13-14H2,1-4H3/b8-5-,16-6+. The van der Waals surface area contributed by atoms with Crippen LogP contribution in [0.25, 0.3) is 10.9 Å². The number of pyridine rings is 1. The van der Waals surface area contributed by atoms with E-state index in [1.807, 2.05) is 39.1 Å². The van der Waals surface area contributed by atoms with E-state index in [1.165, 1.54) is 17.8 Å². The number of aldehydes is 1. The van der Waals surface area contributed by atoms with Gasteiger partial charge in [-0.2, -0.15) is 0 Å². The number of aromatic nitrogens is 1. The van der Waals surface area contributed by atoms with Crippen molar-refractivity contribution in [3.63, 3.8) is 0 Å². The van der Waals surface area contributed by atoms with Crippen molar-refractivity contribution in [2.24, 2.45) is 0 Å². The Morgan fingerprint density at radius 1 is 1.37 bits per heavy atom. The van der Waals surface area contributed by atoms with Gasteiger partial charge in [0.15, 0.2) is 6.29 Å². The van der Waals surface area contributed by atoms with Crippen LogP contribution in [-0.4, -0.2) is 36.4 Å².